The molecule has 3 heteroatoms. The molecule has 112 valence electrons. The molecule has 0 aromatic carbocycles. The molecule has 0 aliphatic carbocycles. The standard InChI is InChI=1S/C16H32O2Si/c1-12(2)10-19(11-13(3)4,16(7,8)9)18-15(17)14(5)6/h12-13H,5,10-11H2,1-4,6-9H3. The van der Waals surface area contributed by atoms with Crippen molar-refractivity contribution in [3.63, 3.8) is 0 Å². The monoisotopic (exact) mass is 284 g/mol. The second-order valence-electron chi connectivity index (χ2n) is 7.61. The minimum absolute atomic E-state index is 0.0483. The Bertz CT molecular complexity index is 314. The molecule has 0 aliphatic rings. The van der Waals surface area contributed by atoms with E-state index in [1.165, 1.54) is 0 Å². The van der Waals surface area contributed by atoms with Crippen molar-refractivity contribution in [3.05, 3.63) is 12.2 Å². The van der Waals surface area contributed by atoms with Gasteiger partial charge in [-0.3, -0.25) is 0 Å². The van der Waals surface area contributed by atoms with E-state index in [1.54, 1.807) is 6.92 Å². The van der Waals surface area contributed by atoms with Crippen LogP contribution in [0.5, 0.6) is 0 Å². The van der Waals surface area contributed by atoms with E-state index in [1.807, 2.05) is 0 Å². The molecule has 0 atom stereocenters. The Morgan fingerprint density at radius 1 is 1.11 bits per heavy atom. The van der Waals surface area contributed by atoms with Crippen molar-refractivity contribution in [2.75, 3.05) is 0 Å². The number of hydrogen-bond acceptors (Lipinski definition) is 2. The number of carbonyl (C=O) groups is 1. The lowest BCUT2D eigenvalue weighted by molar-refractivity contribution is -0.131. The smallest absolute Gasteiger partial charge is 0.319 e. The van der Waals surface area contributed by atoms with Crippen molar-refractivity contribution in [2.45, 2.75) is 72.5 Å². The summed E-state index contributed by atoms with van der Waals surface area (Å²) < 4.78 is 6.09. The predicted molar refractivity (Wildman–Crippen MR) is 85.7 cm³/mol. The van der Waals surface area contributed by atoms with Crippen LogP contribution >= 0.6 is 0 Å². The van der Waals surface area contributed by atoms with Crippen molar-refractivity contribution in [1.82, 2.24) is 0 Å². The summed E-state index contributed by atoms with van der Waals surface area (Å²) in [7, 11) is -2.16. The Hall–Kier alpha value is -0.573. The van der Waals surface area contributed by atoms with Gasteiger partial charge >= 0.3 is 5.97 Å². The molecule has 0 bridgehead atoms. The van der Waals surface area contributed by atoms with E-state index >= 15 is 0 Å². The van der Waals surface area contributed by atoms with Crippen LogP contribution in [0.1, 0.15) is 55.4 Å². The maximum atomic E-state index is 12.1. The lowest BCUT2D eigenvalue weighted by Crippen LogP contribution is -2.50. The molecule has 0 spiro atoms. The van der Waals surface area contributed by atoms with Crippen molar-refractivity contribution in [1.29, 1.82) is 0 Å². The molecule has 0 aromatic heterocycles. The highest BCUT2D eigenvalue weighted by Gasteiger charge is 2.49. The summed E-state index contributed by atoms with van der Waals surface area (Å²) in [6, 6.07) is 2.04. The predicted octanol–water partition coefficient (Wildman–Crippen LogP) is 5.16. The summed E-state index contributed by atoms with van der Waals surface area (Å²) in [5, 5.41) is 0.0483. The molecule has 0 unspecified atom stereocenters. The Morgan fingerprint density at radius 3 is 1.68 bits per heavy atom. The van der Waals surface area contributed by atoms with Gasteiger partial charge in [-0.15, -0.1) is 0 Å². The van der Waals surface area contributed by atoms with Gasteiger partial charge in [0.15, 0.2) is 0 Å². The van der Waals surface area contributed by atoms with Gasteiger partial charge < -0.3 is 4.43 Å². The summed E-state index contributed by atoms with van der Waals surface area (Å²) in [5.41, 5.74) is 0.508. The SMILES string of the molecule is C=C(C)C(=O)O[Si](CC(C)C)(CC(C)C)C(C)(C)C. The lowest BCUT2D eigenvalue weighted by atomic mass is 10.2. The molecule has 0 rings (SSSR count). The number of rotatable bonds is 6. The first-order valence-electron chi connectivity index (χ1n) is 7.30. The molecule has 0 radical (unpaired) electrons. The van der Waals surface area contributed by atoms with Crippen LogP contribution in [0.3, 0.4) is 0 Å². The number of carbonyl (C=O) groups excluding carboxylic acids is 1. The van der Waals surface area contributed by atoms with Crippen LogP contribution in [-0.2, 0) is 9.22 Å². The van der Waals surface area contributed by atoms with Crippen LogP contribution in [0.15, 0.2) is 12.2 Å². The van der Waals surface area contributed by atoms with Crippen LogP contribution in [0, 0.1) is 11.8 Å². The summed E-state index contributed by atoms with van der Waals surface area (Å²) in [5.74, 6) is 0.882. The van der Waals surface area contributed by atoms with Gasteiger partial charge in [-0.1, -0.05) is 55.0 Å². The first kappa shape index (κ1) is 18.4. The van der Waals surface area contributed by atoms with E-state index in [0.29, 0.717) is 17.4 Å². The molecule has 0 saturated carbocycles. The second kappa shape index (κ2) is 6.73. The second-order valence-corrected chi connectivity index (χ2v) is 12.1. The van der Waals surface area contributed by atoms with E-state index in [9.17, 15) is 4.79 Å². The third-order valence-corrected chi connectivity index (χ3v) is 9.74. The molecular weight excluding hydrogens is 252 g/mol. The molecule has 19 heavy (non-hydrogen) atoms. The van der Waals surface area contributed by atoms with Crippen LogP contribution in [0.2, 0.25) is 17.1 Å². The van der Waals surface area contributed by atoms with Gasteiger partial charge in [0.05, 0.1) is 0 Å². The van der Waals surface area contributed by atoms with E-state index < -0.39 is 8.32 Å². The topological polar surface area (TPSA) is 26.3 Å². The summed E-state index contributed by atoms with van der Waals surface area (Å²) in [6.45, 7) is 21.0. The first-order valence-corrected chi connectivity index (χ1v) is 9.62. The molecule has 0 saturated heterocycles. The van der Waals surface area contributed by atoms with Crippen LogP contribution in [0.4, 0.5) is 0 Å². The van der Waals surface area contributed by atoms with E-state index in [-0.39, 0.29) is 11.0 Å². The van der Waals surface area contributed by atoms with Gasteiger partial charge in [0.2, 0.25) is 0 Å². The third kappa shape index (κ3) is 5.51. The third-order valence-electron chi connectivity index (χ3n) is 3.48. The first-order chi connectivity index (χ1) is 8.41. The molecule has 0 amide bonds. The van der Waals surface area contributed by atoms with Crippen molar-refractivity contribution < 1.29 is 9.22 Å². The molecule has 0 heterocycles. The quantitative estimate of drug-likeness (QED) is 0.497. The molecule has 0 aromatic rings. The summed E-state index contributed by atoms with van der Waals surface area (Å²) in [4.78, 5) is 12.1. The molecule has 0 N–H and O–H groups in total. The highest BCUT2D eigenvalue weighted by atomic mass is 28.4. The summed E-state index contributed by atoms with van der Waals surface area (Å²) >= 11 is 0. The van der Waals surface area contributed by atoms with Gasteiger partial charge in [-0.05, 0) is 35.9 Å². The fourth-order valence-electron chi connectivity index (χ4n) is 2.52. The van der Waals surface area contributed by atoms with Gasteiger partial charge in [0, 0.05) is 5.57 Å². The van der Waals surface area contributed by atoms with E-state index in [4.69, 9.17) is 4.43 Å². The van der Waals surface area contributed by atoms with Gasteiger partial charge in [0.1, 0.15) is 0 Å². The summed E-state index contributed by atoms with van der Waals surface area (Å²) in [6.07, 6.45) is 0. The van der Waals surface area contributed by atoms with Gasteiger partial charge in [0.25, 0.3) is 8.32 Å². The van der Waals surface area contributed by atoms with Crippen LogP contribution < -0.4 is 0 Å². The normalized spacial score (nSPS) is 12.9. The van der Waals surface area contributed by atoms with Gasteiger partial charge in [-0.25, -0.2) is 4.79 Å². The highest BCUT2D eigenvalue weighted by Crippen LogP contribution is 2.46. The lowest BCUT2D eigenvalue weighted by Gasteiger charge is -2.43. The minimum Gasteiger partial charge on any atom is -0.515 e. The fourth-order valence-corrected chi connectivity index (χ4v) is 7.55. The molecule has 2 nitrogen and oxygen atoms in total. The maximum absolute atomic E-state index is 12.1. The fraction of sp³-hybridized carbons (Fsp3) is 0.812. The Kier molecular flexibility index (Phi) is 6.53. The van der Waals surface area contributed by atoms with Crippen LogP contribution in [0.25, 0.3) is 0 Å². The van der Waals surface area contributed by atoms with Gasteiger partial charge in [-0.2, -0.15) is 0 Å². The van der Waals surface area contributed by atoms with Crippen molar-refractivity contribution in [2.24, 2.45) is 11.8 Å². The number of hydrogen-bond donors (Lipinski definition) is 0. The zero-order valence-corrected chi connectivity index (χ0v) is 15.1. The molecular formula is C16H32O2Si. The average Bonchev–Trinajstić information content (AvgIpc) is 2.12. The maximum Gasteiger partial charge on any atom is 0.319 e. The molecule has 0 fully saturated rings. The van der Waals surface area contributed by atoms with Crippen LogP contribution in [-0.4, -0.2) is 14.3 Å². The zero-order valence-electron chi connectivity index (χ0n) is 14.1. The highest BCUT2D eigenvalue weighted by molar-refractivity contribution is 6.78. The minimum atomic E-state index is -2.16. The Morgan fingerprint density at radius 2 is 1.47 bits per heavy atom. The van der Waals surface area contributed by atoms with E-state index in [0.717, 1.165) is 12.1 Å². The Balaban J connectivity index is 5.48. The largest absolute Gasteiger partial charge is 0.515 e. The molecule has 0 aliphatic heterocycles. The Labute approximate surface area is 120 Å². The zero-order chi connectivity index (χ0) is 15.4. The van der Waals surface area contributed by atoms with E-state index in [2.05, 4.69) is 55.0 Å². The van der Waals surface area contributed by atoms with Crippen molar-refractivity contribution in [3.8, 4) is 0 Å². The van der Waals surface area contributed by atoms with Crippen molar-refractivity contribution >= 4 is 14.3 Å². The average molecular weight is 285 g/mol.